The topological polar surface area (TPSA) is 80.6 Å². The predicted molar refractivity (Wildman–Crippen MR) is 101 cm³/mol. The molecule has 0 radical (unpaired) electrons. The first-order chi connectivity index (χ1) is 13.0. The van der Waals surface area contributed by atoms with E-state index >= 15 is 0 Å². The number of phenols is 1. The second-order valence-corrected chi connectivity index (χ2v) is 6.13. The second-order valence-electron chi connectivity index (χ2n) is 6.13. The van der Waals surface area contributed by atoms with Gasteiger partial charge in [-0.1, -0.05) is 6.07 Å². The molecule has 1 aliphatic rings. The Morgan fingerprint density at radius 3 is 2.41 bits per heavy atom. The van der Waals surface area contributed by atoms with Gasteiger partial charge in [0.25, 0.3) is 0 Å². The summed E-state index contributed by atoms with van der Waals surface area (Å²) < 4.78 is 15.8. The number of benzene rings is 2. The van der Waals surface area contributed by atoms with Crippen LogP contribution in [0.25, 0.3) is 0 Å². The number of ether oxygens (including phenoxy) is 3. The lowest BCUT2D eigenvalue weighted by atomic mass is 9.97. The molecular weight excluding hydrogens is 348 g/mol. The molecular formula is C20H22N2O5. The minimum absolute atomic E-state index is 0.0598. The molecule has 7 heteroatoms. The Bertz CT molecular complexity index is 894. The highest BCUT2D eigenvalue weighted by Gasteiger charge is 2.32. The van der Waals surface area contributed by atoms with Crippen molar-refractivity contribution >= 4 is 11.6 Å². The summed E-state index contributed by atoms with van der Waals surface area (Å²) in [6.07, 6.45) is 0.467. The highest BCUT2D eigenvalue weighted by atomic mass is 16.5. The van der Waals surface area contributed by atoms with Crippen LogP contribution in [0.1, 0.15) is 30.5 Å². The van der Waals surface area contributed by atoms with Crippen molar-refractivity contribution in [3.05, 3.63) is 47.5 Å². The van der Waals surface area contributed by atoms with Crippen LogP contribution in [0, 0.1) is 0 Å². The molecule has 0 bridgehead atoms. The molecule has 1 unspecified atom stereocenters. The quantitative estimate of drug-likeness (QED) is 0.875. The lowest BCUT2D eigenvalue weighted by molar-refractivity contribution is -0.130. The normalized spacial score (nSPS) is 16.1. The zero-order chi connectivity index (χ0) is 19.6. The smallest absolute Gasteiger partial charge is 0.240 e. The highest BCUT2D eigenvalue weighted by molar-refractivity contribution is 6.05. The Hall–Kier alpha value is -3.22. The van der Waals surface area contributed by atoms with Crippen LogP contribution in [-0.2, 0) is 4.79 Å². The van der Waals surface area contributed by atoms with E-state index in [4.69, 9.17) is 14.2 Å². The number of hydrogen-bond acceptors (Lipinski definition) is 6. The van der Waals surface area contributed by atoms with E-state index in [1.807, 2.05) is 12.1 Å². The van der Waals surface area contributed by atoms with Gasteiger partial charge in [0.1, 0.15) is 11.5 Å². The van der Waals surface area contributed by atoms with E-state index in [-0.39, 0.29) is 17.7 Å². The van der Waals surface area contributed by atoms with Gasteiger partial charge in [-0.15, -0.1) is 0 Å². The summed E-state index contributed by atoms with van der Waals surface area (Å²) in [5, 5.41) is 16.2. The number of hydrazone groups is 1. The van der Waals surface area contributed by atoms with Gasteiger partial charge in [-0.05, 0) is 29.8 Å². The molecule has 0 aliphatic carbocycles. The number of aromatic hydroxyl groups is 1. The fourth-order valence-corrected chi connectivity index (χ4v) is 3.17. The number of hydrogen-bond donors (Lipinski definition) is 1. The van der Waals surface area contributed by atoms with E-state index in [2.05, 4.69) is 5.10 Å². The first kappa shape index (κ1) is 18.6. The standard InChI is InChI=1S/C20H22N2O5/c1-12(23)22-17(13-5-8-19(26-3)20(9-13)27-4)11-16(21-22)15-7-6-14(25-2)10-18(15)24/h5-10,17,24H,11H2,1-4H3. The van der Waals surface area contributed by atoms with Crippen molar-refractivity contribution in [1.29, 1.82) is 0 Å². The molecule has 1 amide bonds. The molecule has 1 aliphatic heterocycles. The maximum atomic E-state index is 12.1. The van der Waals surface area contributed by atoms with Crippen LogP contribution in [0.3, 0.4) is 0 Å². The third-order valence-electron chi connectivity index (χ3n) is 4.54. The van der Waals surface area contributed by atoms with Crippen molar-refractivity contribution in [1.82, 2.24) is 5.01 Å². The minimum atomic E-state index is -0.293. The summed E-state index contributed by atoms with van der Waals surface area (Å²) in [7, 11) is 4.67. The van der Waals surface area contributed by atoms with Gasteiger partial charge in [0, 0.05) is 25.0 Å². The third kappa shape index (κ3) is 3.53. The molecule has 0 saturated carbocycles. The van der Waals surface area contributed by atoms with E-state index in [0.717, 1.165) is 5.56 Å². The van der Waals surface area contributed by atoms with Crippen LogP contribution in [0.15, 0.2) is 41.5 Å². The Labute approximate surface area is 157 Å². The van der Waals surface area contributed by atoms with Crippen molar-refractivity contribution in [2.45, 2.75) is 19.4 Å². The molecule has 27 heavy (non-hydrogen) atoms. The summed E-state index contributed by atoms with van der Waals surface area (Å²) in [5.74, 6) is 1.62. The van der Waals surface area contributed by atoms with Crippen molar-refractivity contribution in [2.75, 3.05) is 21.3 Å². The van der Waals surface area contributed by atoms with Crippen LogP contribution in [0.5, 0.6) is 23.0 Å². The molecule has 2 aromatic carbocycles. The monoisotopic (exact) mass is 370 g/mol. The largest absolute Gasteiger partial charge is 0.507 e. The number of rotatable bonds is 5. The van der Waals surface area contributed by atoms with Gasteiger partial charge in [0.05, 0.1) is 33.1 Å². The number of carbonyl (C=O) groups excluding carboxylic acids is 1. The second kappa shape index (κ2) is 7.57. The number of methoxy groups -OCH3 is 3. The van der Waals surface area contributed by atoms with Gasteiger partial charge >= 0.3 is 0 Å². The summed E-state index contributed by atoms with van der Waals surface area (Å²) in [6, 6.07) is 10.2. The third-order valence-corrected chi connectivity index (χ3v) is 4.54. The van der Waals surface area contributed by atoms with E-state index in [0.29, 0.717) is 34.9 Å². The van der Waals surface area contributed by atoms with Gasteiger partial charge in [0.15, 0.2) is 11.5 Å². The molecule has 0 aromatic heterocycles. The maximum absolute atomic E-state index is 12.1. The first-order valence-electron chi connectivity index (χ1n) is 8.45. The van der Waals surface area contributed by atoms with Crippen LogP contribution >= 0.6 is 0 Å². The van der Waals surface area contributed by atoms with Gasteiger partial charge in [-0.2, -0.15) is 5.10 Å². The number of carbonyl (C=O) groups is 1. The molecule has 1 heterocycles. The van der Waals surface area contributed by atoms with Crippen molar-refractivity contribution < 1.29 is 24.1 Å². The summed E-state index contributed by atoms with van der Waals surface area (Å²) in [4.78, 5) is 12.1. The summed E-state index contributed by atoms with van der Waals surface area (Å²) in [6.45, 7) is 1.47. The van der Waals surface area contributed by atoms with Crippen LogP contribution < -0.4 is 14.2 Å². The lowest BCUT2D eigenvalue weighted by Crippen LogP contribution is -2.24. The average molecular weight is 370 g/mol. The molecule has 7 nitrogen and oxygen atoms in total. The van der Waals surface area contributed by atoms with Crippen LogP contribution in [-0.4, -0.2) is 43.1 Å². The first-order valence-corrected chi connectivity index (χ1v) is 8.45. The molecule has 2 aromatic rings. The zero-order valence-electron chi connectivity index (χ0n) is 15.7. The fourth-order valence-electron chi connectivity index (χ4n) is 3.17. The number of amides is 1. The van der Waals surface area contributed by atoms with Crippen molar-refractivity contribution in [3.63, 3.8) is 0 Å². The molecule has 1 atom stereocenters. The highest BCUT2D eigenvalue weighted by Crippen LogP contribution is 2.38. The Morgan fingerprint density at radius 2 is 1.81 bits per heavy atom. The van der Waals surface area contributed by atoms with E-state index in [1.165, 1.54) is 25.1 Å². The Morgan fingerprint density at radius 1 is 1.07 bits per heavy atom. The summed E-state index contributed by atoms with van der Waals surface area (Å²) >= 11 is 0. The molecule has 0 spiro atoms. The SMILES string of the molecule is COc1ccc(C2=NN(C(C)=O)C(c3ccc(OC)c(OC)c3)C2)c(O)c1. The number of phenolic OH excluding ortho intramolecular Hbond substituents is 1. The minimum Gasteiger partial charge on any atom is -0.507 e. The van der Waals surface area contributed by atoms with Gasteiger partial charge in [-0.25, -0.2) is 5.01 Å². The van der Waals surface area contributed by atoms with Crippen LogP contribution in [0.2, 0.25) is 0 Å². The van der Waals surface area contributed by atoms with E-state index in [1.54, 1.807) is 32.4 Å². The predicted octanol–water partition coefficient (Wildman–Crippen LogP) is 3.12. The molecule has 142 valence electrons. The van der Waals surface area contributed by atoms with Crippen molar-refractivity contribution in [3.8, 4) is 23.0 Å². The molecule has 3 rings (SSSR count). The molecule has 1 N–H and O–H groups in total. The molecule has 0 fully saturated rings. The van der Waals surface area contributed by atoms with Gasteiger partial charge in [0.2, 0.25) is 5.91 Å². The van der Waals surface area contributed by atoms with Gasteiger partial charge < -0.3 is 19.3 Å². The zero-order valence-corrected chi connectivity index (χ0v) is 15.7. The van der Waals surface area contributed by atoms with Crippen LogP contribution in [0.4, 0.5) is 0 Å². The maximum Gasteiger partial charge on any atom is 0.240 e. The van der Waals surface area contributed by atoms with E-state index < -0.39 is 0 Å². The lowest BCUT2D eigenvalue weighted by Gasteiger charge is -2.21. The Kier molecular flexibility index (Phi) is 5.21. The summed E-state index contributed by atoms with van der Waals surface area (Å²) in [5.41, 5.74) is 2.07. The number of nitrogens with zero attached hydrogens (tertiary/aromatic N) is 2. The average Bonchev–Trinajstić information content (AvgIpc) is 3.12. The van der Waals surface area contributed by atoms with E-state index in [9.17, 15) is 9.90 Å². The van der Waals surface area contributed by atoms with Gasteiger partial charge in [-0.3, -0.25) is 4.79 Å². The Balaban J connectivity index is 1.96. The fraction of sp³-hybridized carbons (Fsp3) is 0.300. The van der Waals surface area contributed by atoms with Crippen molar-refractivity contribution in [2.24, 2.45) is 5.10 Å². The molecule has 0 saturated heterocycles.